The number of aliphatic hydroxyl groups is 1. The largest absolute Gasteiger partial charge is 0.497 e. The summed E-state index contributed by atoms with van der Waals surface area (Å²) in [5.74, 6) is 0.762. The number of aromatic nitrogens is 3. The average molecular weight is 309 g/mol. The lowest BCUT2D eigenvalue weighted by atomic mass is 10.1. The predicted octanol–water partition coefficient (Wildman–Crippen LogP) is 2.55. The number of rotatable bonds is 6. The van der Waals surface area contributed by atoms with Crippen LogP contribution in [0.5, 0.6) is 5.75 Å². The fourth-order valence-electron chi connectivity index (χ4n) is 2.56. The highest BCUT2D eigenvalue weighted by Crippen LogP contribution is 2.20. The maximum atomic E-state index is 9.54. The number of aryl methyl sites for hydroxylation is 1. The Hall–Kier alpha value is -2.66. The lowest BCUT2D eigenvalue weighted by molar-refractivity contribution is 0.275. The number of aliphatic hydroxyl groups excluding tert-OH is 1. The molecule has 0 atom stereocenters. The van der Waals surface area contributed by atoms with E-state index in [1.54, 1.807) is 11.8 Å². The maximum Gasteiger partial charge on any atom is 0.121 e. The topological polar surface area (TPSA) is 60.2 Å². The van der Waals surface area contributed by atoms with Gasteiger partial charge >= 0.3 is 0 Å². The van der Waals surface area contributed by atoms with Gasteiger partial charge in [-0.2, -0.15) is 0 Å². The second-order valence-corrected chi connectivity index (χ2v) is 5.24. The first kappa shape index (κ1) is 15.2. The molecule has 0 saturated heterocycles. The Morgan fingerprint density at radius 1 is 1.04 bits per heavy atom. The molecule has 3 rings (SSSR count). The average Bonchev–Trinajstić information content (AvgIpc) is 3.04. The fraction of sp³-hybridized carbons (Fsp3) is 0.222. The van der Waals surface area contributed by atoms with E-state index in [1.165, 1.54) is 5.56 Å². The normalized spacial score (nSPS) is 10.7. The van der Waals surface area contributed by atoms with Crippen molar-refractivity contribution in [2.45, 2.75) is 19.4 Å². The van der Waals surface area contributed by atoms with Crippen LogP contribution in [-0.4, -0.2) is 27.2 Å². The number of hydrogen-bond donors (Lipinski definition) is 1. The molecule has 1 N–H and O–H groups in total. The zero-order valence-corrected chi connectivity index (χ0v) is 13.0. The molecule has 0 unspecified atom stereocenters. The molecule has 0 radical (unpaired) electrons. The van der Waals surface area contributed by atoms with Crippen LogP contribution in [0.1, 0.15) is 17.0 Å². The van der Waals surface area contributed by atoms with Gasteiger partial charge in [0.1, 0.15) is 11.4 Å². The zero-order valence-electron chi connectivity index (χ0n) is 13.0. The molecule has 3 aromatic rings. The van der Waals surface area contributed by atoms with Gasteiger partial charge in [0.15, 0.2) is 0 Å². The molecule has 0 amide bonds. The van der Waals surface area contributed by atoms with E-state index < -0.39 is 0 Å². The van der Waals surface area contributed by atoms with E-state index in [9.17, 15) is 5.11 Å². The van der Waals surface area contributed by atoms with Crippen LogP contribution in [-0.2, 0) is 19.4 Å². The summed E-state index contributed by atoms with van der Waals surface area (Å²) in [5, 5.41) is 17.8. The number of benzene rings is 2. The van der Waals surface area contributed by atoms with Crippen molar-refractivity contribution >= 4 is 0 Å². The van der Waals surface area contributed by atoms with Crippen molar-refractivity contribution in [1.29, 1.82) is 0 Å². The summed E-state index contributed by atoms with van der Waals surface area (Å²) in [5.41, 5.74) is 3.66. The van der Waals surface area contributed by atoms with Gasteiger partial charge in [-0.3, -0.25) is 0 Å². The Kier molecular flexibility index (Phi) is 4.68. The lowest BCUT2D eigenvalue weighted by Crippen LogP contribution is -2.06. The van der Waals surface area contributed by atoms with Crippen LogP contribution in [0.4, 0.5) is 0 Å². The van der Waals surface area contributed by atoms with E-state index in [1.807, 2.05) is 42.5 Å². The summed E-state index contributed by atoms with van der Waals surface area (Å²) in [6, 6.07) is 17.9. The molecule has 118 valence electrons. The predicted molar refractivity (Wildman–Crippen MR) is 87.7 cm³/mol. The zero-order chi connectivity index (χ0) is 16.1. The second-order valence-electron chi connectivity index (χ2n) is 5.24. The first-order valence-corrected chi connectivity index (χ1v) is 7.54. The van der Waals surface area contributed by atoms with Crippen molar-refractivity contribution in [3.05, 3.63) is 71.5 Å². The van der Waals surface area contributed by atoms with E-state index in [0.29, 0.717) is 5.69 Å². The highest BCUT2D eigenvalue weighted by molar-refractivity contribution is 5.40. The van der Waals surface area contributed by atoms with E-state index in [2.05, 4.69) is 22.4 Å². The minimum Gasteiger partial charge on any atom is -0.497 e. The van der Waals surface area contributed by atoms with Crippen molar-refractivity contribution in [1.82, 2.24) is 15.0 Å². The molecule has 0 bridgehead atoms. The van der Waals surface area contributed by atoms with Crippen molar-refractivity contribution in [2.75, 3.05) is 7.11 Å². The molecule has 23 heavy (non-hydrogen) atoms. The van der Waals surface area contributed by atoms with Gasteiger partial charge in [0.25, 0.3) is 0 Å². The van der Waals surface area contributed by atoms with Crippen LogP contribution in [0.2, 0.25) is 0 Å². The number of methoxy groups -OCH3 is 1. The summed E-state index contributed by atoms with van der Waals surface area (Å²) >= 11 is 0. The minimum atomic E-state index is -0.117. The molecular formula is C18H19N3O2. The quantitative estimate of drug-likeness (QED) is 0.760. The summed E-state index contributed by atoms with van der Waals surface area (Å²) < 4.78 is 7.04. The molecular weight excluding hydrogens is 290 g/mol. The Morgan fingerprint density at radius 2 is 1.87 bits per heavy atom. The van der Waals surface area contributed by atoms with Crippen molar-refractivity contribution < 1.29 is 9.84 Å². The highest BCUT2D eigenvalue weighted by Gasteiger charge is 2.14. The third-order valence-corrected chi connectivity index (χ3v) is 3.78. The smallest absolute Gasteiger partial charge is 0.121 e. The summed E-state index contributed by atoms with van der Waals surface area (Å²) in [4.78, 5) is 0. The third kappa shape index (κ3) is 3.40. The Morgan fingerprint density at radius 3 is 2.61 bits per heavy atom. The van der Waals surface area contributed by atoms with Gasteiger partial charge in [0, 0.05) is 6.07 Å². The van der Waals surface area contributed by atoms with Gasteiger partial charge in [-0.05, 0) is 30.5 Å². The van der Waals surface area contributed by atoms with Gasteiger partial charge in [-0.15, -0.1) is 5.10 Å². The van der Waals surface area contributed by atoms with Gasteiger partial charge in [0.05, 0.1) is 25.1 Å². The van der Waals surface area contributed by atoms with E-state index in [-0.39, 0.29) is 6.61 Å². The lowest BCUT2D eigenvalue weighted by Gasteiger charge is -2.09. The SMILES string of the molecule is COc1cccc(-n2nnc(CO)c2CCc2ccccc2)c1. The monoisotopic (exact) mass is 309 g/mol. The van der Waals surface area contributed by atoms with Crippen LogP contribution < -0.4 is 4.74 Å². The Labute approximate surface area is 135 Å². The number of hydrogen-bond acceptors (Lipinski definition) is 4. The molecule has 0 saturated carbocycles. The van der Waals surface area contributed by atoms with Crippen LogP contribution in [0, 0.1) is 0 Å². The molecule has 1 heterocycles. The molecule has 5 nitrogen and oxygen atoms in total. The molecule has 0 aliphatic heterocycles. The van der Waals surface area contributed by atoms with Crippen LogP contribution in [0.15, 0.2) is 54.6 Å². The molecule has 5 heteroatoms. The van der Waals surface area contributed by atoms with Gasteiger partial charge in [-0.1, -0.05) is 41.6 Å². The Balaban J connectivity index is 1.90. The number of nitrogens with zero attached hydrogens (tertiary/aromatic N) is 3. The van der Waals surface area contributed by atoms with Gasteiger partial charge < -0.3 is 9.84 Å². The molecule has 2 aromatic carbocycles. The summed E-state index contributed by atoms with van der Waals surface area (Å²) in [6.07, 6.45) is 1.62. The van der Waals surface area contributed by atoms with Crippen molar-refractivity contribution in [3.63, 3.8) is 0 Å². The third-order valence-electron chi connectivity index (χ3n) is 3.78. The first-order valence-electron chi connectivity index (χ1n) is 7.54. The van der Waals surface area contributed by atoms with Crippen molar-refractivity contribution in [3.8, 4) is 11.4 Å². The van der Waals surface area contributed by atoms with E-state index in [0.717, 1.165) is 30.0 Å². The first-order chi connectivity index (χ1) is 11.3. The molecule has 0 spiro atoms. The van der Waals surface area contributed by atoms with Crippen LogP contribution >= 0.6 is 0 Å². The number of ether oxygens (including phenoxy) is 1. The summed E-state index contributed by atoms with van der Waals surface area (Å²) in [7, 11) is 1.63. The fourth-order valence-corrected chi connectivity index (χ4v) is 2.56. The summed E-state index contributed by atoms with van der Waals surface area (Å²) in [6.45, 7) is -0.117. The van der Waals surface area contributed by atoms with Crippen molar-refractivity contribution in [2.24, 2.45) is 0 Å². The van der Waals surface area contributed by atoms with Crippen LogP contribution in [0.25, 0.3) is 5.69 Å². The maximum absolute atomic E-state index is 9.54. The van der Waals surface area contributed by atoms with Gasteiger partial charge in [0.2, 0.25) is 0 Å². The standard InChI is InChI=1S/C18H19N3O2/c1-23-16-9-5-8-15(12-16)21-18(17(13-22)19-20-21)11-10-14-6-3-2-4-7-14/h2-9,12,22H,10-11,13H2,1H3. The van der Waals surface area contributed by atoms with E-state index >= 15 is 0 Å². The second kappa shape index (κ2) is 7.07. The molecule has 0 aliphatic carbocycles. The van der Waals surface area contributed by atoms with Crippen LogP contribution in [0.3, 0.4) is 0 Å². The Bertz CT molecular complexity index is 769. The molecule has 0 fully saturated rings. The minimum absolute atomic E-state index is 0.117. The van der Waals surface area contributed by atoms with Gasteiger partial charge in [-0.25, -0.2) is 4.68 Å². The van der Waals surface area contributed by atoms with E-state index in [4.69, 9.17) is 4.74 Å². The molecule has 0 aliphatic rings. The highest BCUT2D eigenvalue weighted by atomic mass is 16.5. The molecule has 1 aromatic heterocycles.